The van der Waals surface area contributed by atoms with Crippen LogP contribution < -0.4 is 0 Å². The van der Waals surface area contributed by atoms with E-state index in [1.807, 2.05) is 12.2 Å². The first kappa shape index (κ1) is 50.6. The van der Waals surface area contributed by atoms with Crippen LogP contribution in [0.2, 0.25) is 0 Å². The zero-order chi connectivity index (χ0) is 37.0. The van der Waals surface area contributed by atoms with Gasteiger partial charge >= 0.3 is 7.82 Å². The molecule has 0 aromatic heterocycles. The van der Waals surface area contributed by atoms with Crippen molar-refractivity contribution in [2.24, 2.45) is 0 Å². The molecule has 0 atom stereocenters. The highest BCUT2D eigenvalue weighted by Crippen LogP contribution is 2.50. The summed E-state index contributed by atoms with van der Waals surface area (Å²) in [6.45, 7) is 11.3. The molecule has 5 heteroatoms. The minimum Gasteiger partial charge on any atom is -0.287 e. The van der Waals surface area contributed by atoms with Gasteiger partial charge in [-0.15, -0.1) is 13.2 Å². The molecule has 0 aromatic carbocycles. The maximum absolute atomic E-state index is 13.5. The maximum Gasteiger partial charge on any atom is 0.474 e. The Morgan fingerprint density at radius 2 is 0.529 bits per heavy atom. The number of phosphoric acid groups is 1. The molecule has 0 amide bonds. The van der Waals surface area contributed by atoms with Gasteiger partial charge in [-0.3, -0.25) is 13.6 Å². The van der Waals surface area contributed by atoms with Crippen molar-refractivity contribution < 1.29 is 18.1 Å². The van der Waals surface area contributed by atoms with Crippen molar-refractivity contribution in [1.82, 2.24) is 0 Å². The molecule has 0 aliphatic carbocycles. The monoisotopic (exact) mass is 739 g/mol. The molecule has 0 unspecified atom stereocenters. The molecule has 304 valence electrons. The Labute approximate surface area is 321 Å². The van der Waals surface area contributed by atoms with Gasteiger partial charge in [-0.2, -0.15) is 0 Å². The second-order valence-electron chi connectivity index (χ2n) is 15.5. The van der Waals surface area contributed by atoms with E-state index in [1.54, 1.807) is 0 Å². The third kappa shape index (κ3) is 42.2. The highest BCUT2D eigenvalue weighted by atomic mass is 31.2. The second kappa shape index (κ2) is 44.0. The summed E-state index contributed by atoms with van der Waals surface area (Å²) in [5.74, 6) is 0. The maximum atomic E-state index is 13.5. The fourth-order valence-electron chi connectivity index (χ4n) is 6.90. The summed E-state index contributed by atoms with van der Waals surface area (Å²) < 4.78 is 31.0. The molecular weight excluding hydrogens is 647 g/mol. The molecule has 0 aliphatic heterocycles. The Morgan fingerprint density at radius 3 is 0.745 bits per heavy atom. The van der Waals surface area contributed by atoms with E-state index >= 15 is 0 Å². The molecule has 0 bridgehead atoms. The van der Waals surface area contributed by atoms with Crippen LogP contribution in [-0.4, -0.2) is 19.8 Å². The van der Waals surface area contributed by atoms with E-state index in [2.05, 4.69) is 20.1 Å². The molecule has 0 saturated heterocycles. The summed E-state index contributed by atoms with van der Waals surface area (Å²) in [5.41, 5.74) is 0. The van der Waals surface area contributed by atoms with Crippen LogP contribution in [0, 0.1) is 0 Å². The van der Waals surface area contributed by atoms with Gasteiger partial charge in [0, 0.05) is 0 Å². The zero-order valence-electron chi connectivity index (χ0n) is 34.6. The normalized spacial score (nSPS) is 11.8. The van der Waals surface area contributed by atoms with Crippen LogP contribution in [-0.2, 0) is 18.1 Å². The van der Waals surface area contributed by atoms with E-state index in [9.17, 15) is 4.57 Å². The summed E-state index contributed by atoms with van der Waals surface area (Å²) in [6, 6.07) is 0. The van der Waals surface area contributed by atoms with Gasteiger partial charge in [-0.25, -0.2) is 4.57 Å². The van der Waals surface area contributed by atoms with Crippen LogP contribution in [0.15, 0.2) is 25.3 Å². The number of allylic oxidation sites excluding steroid dienone is 2. The van der Waals surface area contributed by atoms with E-state index < -0.39 is 7.82 Å². The molecular formula is C46H91O4P. The van der Waals surface area contributed by atoms with Gasteiger partial charge in [0.15, 0.2) is 0 Å². The van der Waals surface area contributed by atoms with Crippen LogP contribution in [0.3, 0.4) is 0 Å². The molecule has 0 heterocycles. The smallest absolute Gasteiger partial charge is 0.287 e. The van der Waals surface area contributed by atoms with Crippen molar-refractivity contribution in [2.45, 2.75) is 251 Å². The number of hydrogen-bond acceptors (Lipinski definition) is 4. The Morgan fingerprint density at radius 1 is 0.333 bits per heavy atom. The molecule has 0 spiro atoms. The number of phosphoric ester groups is 1. The summed E-state index contributed by atoms with van der Waals surface area (Å²) in [5, 5.41) is 0. The second-order valence-corrected chi connectivity index (χ2v) is 17.1. The fourth-order valence-corrected chi connectivity index (χ4v) is 8.18. The first-order chi connectivity index (χ1) is 25.2. The molecule has 0 aliphatic rings. The zero-order valence-corrected chi connectivity index (χ0v) is 35.5. The van der Waals surface area contributed by atoms with Crippen LogP contribution in [0.25, 0.3) is 0 Å². The molecule has 0 saturated carbocycles. The van der Waals surface area contributed by atoms with E-state index in [1.165, 1.54) is 193 Å². The van der Waals surface area contributed by atoms with Crippen molar-refractivity contribution in [3.8, 4) is 0 Å². The Hall–Kier alpha value is -0.410. The van der Waals surface area contributed by atoms with Gasteiger partial charge in [0.2, 0.25) is 0 Å². The minimum absolute atomic E-state index is 0.463. The van der Waals surface area contributed by atoms with Gasteiger partial charge in [-0.1, -0.05) is 218 Å². The standard InChI is InChI=1S/C46H91O4P/c1-4-7-10-13-16-19-22-23-24-25-26-27-28-31-34-37-40-43-46-50-51(47,48-44-41-38-35-32-29-20-17-14-11-8-5-2)49-45-42-39-36-33-30-21-18-15-12-9-6-3/h5-6H,2-4,7-46H2,1H3. The molecule has 0 rings (SSSR count). The lowest BCUT2D eigenvalue weighted by Crippen LogP contribution is -2.04. The van der Waals surface area contributed by atoms with Gasteiger partial charge in [-0.05, 0) is 44.9 Å². The van der Waals surface area contributed by atoms with Crippen molar-refractivity contribution >= 4 is 7.82 Å². The highest BCUT2D eigenvalue weighted by molar-refractivity contribution is 7.48. The molecule has 0 N–H and O–H groups in total. The Balaban J connectivity index is 4.01. The molecule has 0 radical (unpaired) electrons. The average Bonchev–Trinajstić information content (AvgIpc) is 3.13. The van der Waals surface area contributed by atoms with E-state index in [4.69, 9.17) is 13.6 Å². The third-order valence-corrected chi connectivity index (χ3v) is 11.8. The van der Waals surface area contributed by atoms with Crippen molar-refractivity contribution in [1.29, 1.82) is 0 Å². The molecule has 4 nitrogen and oxygen atoms in total. The predicted octanol–water partition coefficient (Wildman–Crippen LogP) is 17.4. The third-order valence-electron chi connectivity index (χ3n) is 10.4. The summed E-state index contributed by atoms with van der Waals surface area (Å²) >= 11 is 0. The Kier molecular flexibility index (Phi) is 43.6. The van der Waals surface area contributed by atoms with Crippen LogP contribution in [0.1, 0.15) is 251 Å². The molecule has 0 fully saturated rings. The Bertz CT molecular complexity index is 690. The summed E-state index contributed by atoms with van der Waals surface area (Å²) in [7, 11) is -3.49. The highest BCUT2D eigenvalue weighted by Gasteiger charge is 2.26. The number of rotatable bonds is 46. The molecule has 51 heavy (non-hydrogen) atoms. The lowest BCUT2D eigenvalue weighted by Gasteiger charge is -2.18. The number of unbranched alkanes of at least 4 members (excludes halogenated alkanes) is 35. The van der Waals surface area contributed by atoms with Gasteiger partial charge in [0.25, 0.3) is 0 Å². The van der Waals surface area contributed by atoms with Crippen molar-refractivity contribution in [3.63, 3.8) is 0 Å². The van der Waals surface area contributed by atoms with Crippen molar-refractivity contribution in [2.75, 3.05) is 19.8 Å². The number of hydrogen-bond donors (Lipinski definition) is 0. The van der Waals surface area contributed by atoms with Crippen molar-refractivity contribution in [3.05, 3.63) is 25.3 Å². The lowest BCUT2D eigenvalue weighted by atomic mass is 10.0. The predicted molar refractivity (Wildman–Crippen MR) is 227 cm³/mol. The van der Waals surface area contributed by atoms with Gasteiger partial charge in [0.1, 0.15) is 0 Å². The fraction of sp³-hybridized carbons (Fsp3) is 0.913. The van der Waals surface area contributed by atoms with Gasteiger partial charge < -0.3 is 0 Å². The first-order valence-electron chi connectivity index (χ1n) is 22.9. The summed E-state index contributed by atoms with van der Waals surface area (Å²) in [6.07, 6.45) is 53.0. The minimum atomic E-state index is -3.49. The van der Waals surface area contributed by atoms with Crippen LogP contribution in [0.5, 0.6) is 0 Å². The van der Waals surface area contributed by atoms with Gasteiger partial charge in [0.05, 0.1) is 19.8 Å². The summed E-state index contributed by atoms with van der Waals surface area (Å²) in [4.78, 5) is 0. The lowest BCUT2D eigenvalue weighted by molar-refractivity contribution is 0.108. The largest absolute Gasteiger partial charge is 0.474 e. The topological polar surface area (TPSA) is 44.8 Å². The average molecular weight is 739 g/mol. The van der Waals surface area contributed by atoms with Crippen LogP contribution in [0.4, 0.5) is 0 Å². The first-order valence-corrected chi connectivity index (χ1v) is 24.4. The van der Waals surface area contributed by atoms with E-state index in [0.29, 0.717) is 19.8 Å². The molecule has 0 aromatic rings. The van der Waals surface area contributed by atoms with Crippen LogP contribution >= 0.6 is 7.82 Å². The quantitative estimate of drug-likeness (QED) is 0.0354. The van der Waals surface area contributed by atoms with E-state index in [0.717, 1.165) is 51.4 Å². The van der Waals surface area contributed by atoms with E-state index in [-0.39, 0.29) is 0 Å². The SMILES string of the molecule is C=CCCCCCCCCCCCOP(=O)(OCCCCCCCCCCCC=C)OCCCCCCCCCCCCCCCCCCCC.